The summed E-state index contributed by atoms with van der Waals surface area (Å²) in [5, 5.41) is 0.616. The first-order valence-electron chi connectivity index (χ1n) is 10.4. The zero-order valence-electron chi connectivity index (χ0n) is 17.5. The van der Waals surface area contributed by atoms with E-state index in [-0.39, 0.29) is 36.3 Å². The SMILES string of the molecule is CCOC(=O)CC1CCc2cc(OCc3cc(Cl)cc4c3OC(C)(C)C4)c(F)cc21. The molecule has 1 atom stereocenters. The van der Waals surface area contributed by atoms with Crippen molar-refractivity contribution in [3.8, 4) is 11.5 Å². The molecule has 0 saturated heterocycles. The molecule has 0 saturated carbocycles. The van der Waals surface area contributed by atoms with Crippen molar-refractivity contribution >= 4 is 17.6 Å². The minimum absolute atomic E-state index is 0.00516. The maximum atomic E-state index is 14.8. The van der Waals surface area contributed by atoms with Crippen molar-refractivity contribution < 1.29 is 23.4 Å². The molecule has 0 bridgehead atoms. The lowest BCUT2D eigenvalue weighted by atomic mass is 9.97. The molecule has 4 rings (SSSR count). The van der Waals surface area contributed by atoms with E-state index in [9.17, 15) is 9.18 Å². The molecule has 2 aliphatic rings. The van der Waals surface area contributed by atoms with Crippen LogP contribution in [0.5, 0.6) is 11.5 Å². The fourth-order valence-electron chi connectivity index (χ4n) is 4.44. The lowest BCUT2D eigenvalue weighted by molar-refractivity contribution is -0.143. The Morgan fingerprint density at radius 3 is 2.83 bits per heavy atom. The molecule has 0 radical (unpaired) electrons. The molecule has 4 nitrogen and oxygen atoms in total. The average molecular weight is 433 g/mol. The number of ether oxygens (including phenoxy) is 3. The second-order valence-corrected chi connectivity index (χ2v) is 9.04. The van der Waals surface area contributed by atoms with Crippen molar-refractivity contribution in [2.45, 2.75) is 64.6 Å². The van der Waals surface area contributed by atoms with Crippen LogP contribution < -0.4 is 9.47 Å². The summed E-state index contributed by atoms with van der Waals surface area (Å²) < 4.78 is 31.7. The molecule has 0 amide bonds. The number of hydrogen-bond acceptors (Lipinski definition) is 4. The summed E-state index contributed by atoms with van der Waals surface area (Å²) >= 11 is 6.27. The Morgan fingerprint density at radius 1 is 1.27 bits per heavy atom. The zero-order valence-corrected chi connectivity index (χ0v) is 18.3. The molecule has 6 heteroatoms. The second kappa shape index (κ2) is 8.10. The maximum absolute atomic E-state index is 14.8. The molecule has 160 valence electrons. The van der Waals surface area contributed by atoms with Gasteiger partial charge in [0.15, 0.2) is 11.6 Å². The van der Waals surface area contributed by atoms with Crippen LogP contribution in [0.2, 0.25) is 5.02 Å². The molecule has 2 aromatic rings. The third kappa shape index (κ3) is 4.27. The Balaban J connectivity index is 1.51. The van der Waals surface area contributed by atoms with Gasteiger partial charge in [-0.1, -0.05) is 11.6 Å². The van der Waals surface area contributed by atoms with E-state index in [2.05, 4.69) is 0 Å². The minimum atomic E-state index is -0.426. The van der Waals surface area contributed by atoms with Crippen LogP contribution in [0.3, 0.4) is 0 Å². The monoisotopic (exact) mass is 432 g/mol. The highest BCUT2D eigenvalue weighted by Crippen LogP contribution is 2.41. The molecule has 0 N–H and O–H groups in total. The van der Waals surface area contributed by atoms with Gasteiger partial charge in [-0.15, -0.1) is 0 Å². The van der Waals surface area contributed by atoms with Gasteiger partial charge in [0.2, 0.25) is 0 Å². The zero-order chi connectivity index (χ0) is 21.5. The van der Waals surface area contributed by atoms with Gasteiger partial charge in [0.05, 0.1) is 13.0 Å². The third-order valence-electron chi connectivity index (χ3n) is 5.70. The molecule has 1 unspecified atom stereocenters. The lowest BCUT2D eigenvalue weighted by Crippen LogP contribution is -2.25. The highest BCUT2D eigenvalue weighted by molar-refractivity contribution is 6.30. The van der Waals surface area contributed by atoms with Crippen LogP contribution in [0.15, 0.2) is 24.3 Å². The first-order valence-corrected chi connectivity index (χ1v) is 10.7. The Kier molecular flexibility index (Phi) is 5.67. The summed E-state index contributed by atoms with van der Waals surface area (Å²) in [7, 11) is 0. The largest absolute Gasteiger partial charge is 0.487 e. The first kappa shape index (κ1) is 21.0. The van der Waals surface area contributed by atoms with Crippen LogP contribution in [-0.2, 0) is 29.0 Å². The third-order valence-corrected chi connectivity index (χ3v) is 5.92. The average Bonchev–Trinajstić information content (AvgIpc) is 3.18. The predicted molar refractivity (Wildman–Crippen MR) is 113 cm³/mol. The van der Waals surface area contributed by atoms with E-state index in [1.165, 1.54) is 6.07 Å². The maximum Gasteiger partial charge on any atom is 0.306 e. The summed E-state index contributed by atoms with van der Waals surface area (Å²) in [5.41, 5.74) is 3.45. The van der Waals surface area contributed by atoms with E-state index in [0.29, 0.717) is 11.6 Å². The van der Waals surface area contributed by atoms with Crippen LogP contribution in [0, 0.1) is 5.82 Å². The number of aryl methyl sites for hydroxylation is 1. The van der Waals surface area contributed by atoms with Gasteiger partial charge in [0.1, 0.15) is 18.0 Å². The van der Waals surface area contributed by atoms with E-state index in [1.807, 2.05) is 26.0 Å². The van der Waals surface area contributed by atoms with Crippen molar-refractivity contribution in [3.05, 3.63) is 57.4 Å². The van der Waals surface area contributed by atoms with Gasteiger partial charge in [-0.25, -0.2) is 4.39 Å². The number of esters is 1. The number of rotatable bonds is 6. The molecule has 30 heavy (non-hydrogen) atoms. The Bertz CT molecular complexity index is 986. The molecule has 1 aliphatic carbocycles. The number of carbonyl (C=O) groups excluding carboxylic acids is 1. The summed E-state index contributed by atoms with van der Waals surface area (Å²) in [5.74, 6) is 0.310. The van der Waals surface area contributed by atoms with Gasteiger partial charge in [0.25, 0.3) is 0 Å². The first-order chi connectivity index (χ1) is 14.3. The molecule has 0 spiro atoms. The van der Waals surface area contributed by atoms with Crippen molar-refractivity contribution in [1.82, 2.24) is 0 Å². The number of carbonyl (C=O) groups is 1. The Hall–Kier alpha value is -2.27. The van der Waals surface area contributed by atoms with Gasteiger partial charge in [0, 0.05) is 17.0 Å². The van der Waals surface area contributed by atoms with Crippen molar-refractivity contribution in [2.75, 3.05) is 6.61 Å². The smallest absolute Gasteiger partial charge is 0.306 e. The molecule has 0 aromatic heterocycles. The van der Waals surface area contributed by atoms with Crippen molar-refractivity contribution in [1.29, 1.82) is 0 Å². The van der Waals surface area contributed by atoms with Crippen molar-refractivity contribution in [2.24, 2.45) is 0 Å². The molecule has 1 aliphatic heterocycles. The number of halogens is 2. The minimum Gasteiger partial charge on any atom is -0.487 e. The number of hydrogen-bond donors (Lipinski definition) is 0. The van der Waals surface area contributed by atoms with Crippen LogP contribution >= 0.6 is 11.6 Å². The van der Waals surface area contributed by atoms with E-state index < -0.39 is 5.82 Å². The molecular formula is C24H26ClFO4. The molecule has 1 heterocycles. The summed E-state index contributed by atoms with van der Waals surface area (Å²) in [4.78, 5) is 11.8. The highest BCUT2D eigenvalue weighted by Gasteiger charge is 2.32. The van der Waals surface area contributed by atoms with Crippen LogP contribution in [0.4, 0.5) is 4.39 Å². The Labute approximate surface area is 181 Å². The van der Waals surface area contributed by atoms with Crippen molar-refractivity contribution in [3.63, 3.8) is 0 Å². The van der Waals surface area contributed by atoms with E-state index in [0.717, 1.165) is 47.3 Å². The summed E-state index contributed by atoms with van der Waals surface area (Å²) in [6.45, 7) is 6.36. The second-order valence-electron chi connectivity index (χ2n) is 8.61. The van der Waals surface area contributed by atoms with Crippen LogP contribution in [0.1, 0.15) is 61.8 Å². The van der Waals surface area contributed by atoms with E-state index in [1.54, 1.807) is 13.0 Å². The van der Waals surface area contributed by atoms with E-state index >= 15 is 0 Å². The molecule has 0 fully saturated rings. The van der Waals surface area contributed by atoms with Gasteiger partial charge in [-0.05, 0) is 80.5 Å². The van der Waals surface area contributed by atoms with Gasteiger partial charge < -0.3 is 14.2 Å². The predicted octanol–water partition coefficient (Wildman–Crippen LogP) is 5.75. The summed E-state index contributed by atoms with van der Waals surface area (Å²) in [6.07, 6.45) is 2.65. The topological polar surface area (TPSA) is 44.8 Å². The Morgan fingerprint density at radius 2 is 2.07 bits per heavy atom. The molecule has 2 aromatic carbocycles. The standard InChI is InChI=1S/C24H26ClFO4/c1-4-28-22(27)10-15-6-5-14-9-21(20(26)11-19(14)15)29-13-17-8-18(25)7-16-12-24(2,3)30-23(16)17/h7-9,11,15H,4-6,10,12-13H2,1-3H3. The van der Waals surface area contributed by atoms with E-state index in [4.69, 9.17) is 25.8 Å². The highest BCUT2D eigenvalue weighted by atomic mass is 35.5. The fraction of sp³-hybridized carbons (Fsp3) is 0.458. The van der Waals surface area contributed by atoms with Crippen LogP contribution in [0.25, 0.3) is 0 Å². The summed E-state index contributed by atoms with van der Waals surface area (Å²) in [6, 6.07) is 6.98. The van der Waals surface area contributed by atoms with Gasteiger partial charge >= 0.3 is 5.97 Å². The molecular weight excluding hydrogens is 407 g/mol. The van der Waals surface area contributed by atoms with Gasteiger partial charge in [-0.3, -0.25) is 4.79 Å². The number of benzene rings is 2. The lowest BCUT2D eigenvalue weighted by Gasteiger charge is -2.18. The van der Waals surface area contributed by atoms with Gasteiger partial charge in [-0.2, -0.15) is 0 Å². The fourth-order valence-corrected chi connectivity index (χ4v) is 4.71. The number of fused-ring (bicyclic) bond motifs is 2. The van der Waals surface area contributed by atoms with Crippen LogP contribution in [-0.4, -0.2) is 18.2 Å². The normalized spacial score (nSPS) is 18.5. The quantitative estimate of drug-likeness (QED) is 0.545.